The molecule has 1 fully saturated rings. The Morgan fingerprint density at radius 2 is 1.90 bits per heavy atom. The van der Waals surface area contributed by atoms with Crippen molar-refractivity contribution in [3.05, 3.63) is 52.8 Å². The van der Waals surface area contributed by atoms with E-state index in [1.54, 1.807) is 31.4 Å². The van der Waals surface area contributed by atoms with Gasteiger partial charge in [0, 0.05) is 31.0 Å². The molecule has 3 aromatic rings. The van der Waals surface area contributed by atoms with Crippen molar-refractivity contribution in [1.29, 1.82) is 0 Å². The van der Waals surface area contributed by atoms with Crippen molar-refractivity contribution in [2.45, 2.75) is 32.7 Å². The molecular weight excluding hydrogens is 402 g/mol. The molecule has 1 aromatic heterocycles. The number of carbonyl (C=O) groups is 3. The standard InChI is InChI=1S/C22H21N3O4S/c1-3-11-24-17-13-16(29-2)7-8-18(17)30-22(24)23-21(28)14-5-4-6-15(12-14)25-19(26)9-10-20(25)27/h4-8,12-13H,3,9-11H2,1-2H3. The van der Waals surface area contributed by atoms with Crippen LogP contribution in [0.5, 0.6) is 5.75 Å². The number of aryl methyl sites for hydroxylation is 1. The Hall–Kier alpha value is -3.26. The van der Waals surface area contributed by atoms with E-state index in [4.69, 9.17) is 4.74 Å². The highest BCUT2D eigenvalue weighted by molar-refractivity contribution is 7.16. The van der Waals surface area contributed by atoms with Crippen LogP contribution in [0.1, 0.15) is 36.5 Å². The van der Waals surface area contributed by atoms with Gasteiger partial charge in [-0.3, -0.25) is 19.3 Å². The minimum Gasteiger partial charge on any atom is -0.497 e. The third-order valence-electron chi connectivity index (χ3n) is 4.94. The molecule has 8 heteroatoms. The van der Waals surface area contributed by atoms with Gasteiger partial charge in [-0.1, -0.05) is 24.3 Å². The number of rotatable bonds is 5. The molecule has 1 saturated heterocycles. The summed E-state index contributed by atoms with van der Waals surface area (Å²) < 4.78 is 8.35. The monoisotopic (exact) mass is 423 g/mol. The van der Waals surface area contributed by atoms with Gasteiger partial charge >= 0.3 is 0 Å². The summed E-state index contributed by atoms with van der Waals surface area (Å²) in [6, 6.07) is 12.3. The molecule has 1 aliphatic rings. The first-order valence-corrected chi connectivity index (χ1v) is 10.6. The molecule has 7 nitrogen and oxygen atoms in total. The summed E-state index contributed by atoms with van der Waals surface area (Å²) in [4.78, 5) is 43.0. The number of hydrogen-bond acceptors (Lipinski definition) is 5. The van der Waals surface area contributed by atoms with Gasteiger partial charge < -0.3 is 9.30 Å². The fraction of sp³-hybridized carbons (Fsp3) is 0.273. The maximum absolute atomic E-state index is 12.9. The van der Waals surface area contributed by atoms with Gasteiger partial charge in [0.2, 0.25) is 11.8 Å². The lowest BCUT2D eigenvalue weighted by Crippen LogP contribution is -2.28. The van der Waals surface area contributed by atoms with Gasteiger partial charge in [-0.05, 0) is 36.8 Å². The average Bonchev–Trinajstić information content (AvgIpc) is 3.27. The first-order chi connectivity index (χ1) is 14.5. The van der Waals surface area contributed by atoms with E-state index in [-0.39, 0.29) is 24.7 Å². The summed E-state index contributed by atoms with van der Waals surface area (Å²) >= 11 is 1.44. The van der Waals surface area contributed by atoms with E-state index in [2.05, 4.69) is 11.9 Å². The molecule has 4 rings (SSSR count). The lowest BCUT2D eigenvalue weighted by Gasteiger charge is -2.14. The number of benzene rings is 2. The highest BCUT2D eigenvalue weighted by atomic mass is 32.1. The quantitative estimate of drug-likeness (QED) is 0.588. The second kappa shape index (κ2) is 8.23. The molecule has 0 unspecified atom stereocenters. The zero-order chi connectivity index (χ0) is 21.3. The van der Waals surface area contributed by atoms with E-state index in [0.717, 1.165) is 33.8 Å². The topological polar surface area (TPSA) is 81.0 Å². The average molecular weight is 423 g/mol. The number of amides is 3. The van der Waals surface area contributed by atoms with Gasteiger partial charge in [0.1, 0.15) is 5.75 Å². The van der Waals surface area contributed by atoms with E-state index < -0.39 is 5.91 Å². The number of methoxy groups -OCH3 is 1. The number of carbonyl (C=O) groups excluding carboxylic acids is 3. The Labute approximate surface area is 177 Å². The Morgan fingerprint density at radius 1 is 1.13 bits per heavy atom. The van der Waals surface area contributed by atoms with E-state index >= 15 is 0 Å². The summed E-state index contributed by atoms with van der Waals surface area (Å²) in [6.07, 6.45) is 1.28. The number of thiazole rings is 1. The van der Waals surface area contributed by atoms with Crippen LogP contribution in [-0.2, 0) is 16.1 Å². The van der Waals surface area contributed by atoms with Crippen LogP contribution < -0.4 is 14.4 Å². The lowest BCUT2D eigenvalue weighted by molar-refractivity contribution is -0.121. The number of imide groups is 1. The van der Waals surface area contributed by atoms with Gasteiger partial charge in [0.05, 0.1) is 23.0 Å². The van der Waals surface area contributed by atoms with Gasteiger partial charge in [-0.25, -0.2) is 0 Å². The first kappa shape index (κ1) is 20.0. The van der Waals surface area contributed by atoms with Crippen molar-refractivity contribution in [3.63, 3.8) is 0 Å². The van der Waals surface area contributed by atoms with Crippen molar-refractivity contribution in [3.8, 4) is 5.75 Å². The SMILES string of the molecule is CCCn1c(=NC(=O)c2cccc(N3C(=O)CCC3=O)c2)sc2ccc(OC)cc21. The van der Waals surface area contributed by atoms with Gasteiger partial charge in [-0.2, -0.15) is 4.99 Å². The van der Waals surface area contributed by atoms with Crippen LogP contribution >= 0.6 is 11.3 Å². The number of aromatic nitrogens is 1. The summed E-state index contributed by atoms with van der Waals surface area (Å²) in [7, 11) is 1.62. The van der Waals surface area contributed by atoms with Crippen LogP contribution in [0.2, 0.25) is 0 Å². The Kier molecular flexibility index (Phi) is 5.50. The summed E-state index contributed by atoms with van der Waals surface area (Å²) in [5, 5.41) is 0. The third kappa shape index (κ3) is 3.66. The second-order valence-corrected chi connectivity index (χ2v) is 7.97. The highest BCUT2D eigenvalue weighted by Crippen LogP contribution is 2.25. The molecule has 2 heterocycles. The third-order valence-corrected chi connectivity index (χ3v) is 6.00. The van der Waals surface area contributed by atoms with Crippen LogP contribution in [0.3, 0.4) is 0 Å². The van der Waals surface area contributed by atoms with Gasteiger partial charge in [0.15, 0.2) is 4.80 Å². The molecule has 0 bridgehead atoms. The molecule has 0 spiro atoms. The molecular formula is C22H21N3O4S. The van der Waals surface area contributed by atoms with E-state index in [1.807, 2.05) is 22.8 Å². The number of hydrogen-bond donors (Lipinski definition) is 0. The number of nitrogens with zero attached hydrogens (tertiary/aromatic N) is 3. The zero-order valence-corrected chi connectivity index (χ0v) is 17.6. The molecule has 2 aromatic carbocycles. The Morgan fingerprint density at radius 3 is 2.60 bits per heavy atom. The predicted molar refractivity (Wildman–Crippen MR) is 115 cm³/mol. The summed E-state index contributed by atoms with van der Waals surface area (Å²) in [5.41, 5.74) is 1.71. The van der Waals surface area contributed by atoms with Crippen LogP contribution in [0, 0.1) is 0 Å². The van der Waals surface area contributed by atoms with Crippen molar-refractivity contribution in [2.24, 2.45) is 4.99 Å². The number of anilines is 1. The molecule has 0 saturated carbocycles. The molecule has 0 aliphatic carbocycles. The second-order valence-electron chi connectivity index (χ2n) is 6.96. The lowest BCUT2D eigenvalue weighted by atomic mass is 10.2. The predicted octanol–water partition coefficient (Wildman–Crippen LogP) is 3.52. The normalized spacial score (nSPS) is 14.7. The van der Waals surface area contributed by atoms with Crippen molar-refractivity contribution >= 4 is 45.0 Å². The summed E-state index contributed by atoms with van der Waals surface area (Å²) in [6.45, 7) is 2.78. The Balaban J connectivity index is 1.75. The smallest absolute Gasteiger partial charge is 0.279 e. The fourth-order valence-corrected chi connectivity index (χ4v) is 4.53. The van der Waals surface area contributed by atoms with Crippen LogP contribution in [0.4, 0.5) is 5.69 Å². The fourth-order valence-electron chi connectivity index (χ4n) is 3.49. The van der Waals surface area contributed by atoms with Crippen molar-refractivity contribution in [1.82, 2.24) is 4.57 Å². The van der Waals surface area contributed by atoms with Gasteiger partial charge in [-0.15, -0.1) is 0 Å². The molecule has 0 N–H and O–H groups in total. The van der Waals surface area contributed by atoms with Crippen LogP contribution in [-0.4, -0.2) is 29.4 Å². The van der Waals surface area contributed by atoms with Gasteiger partial charge in [0.25, 0.3) is 5.91 Å². The maximum Gasteiger partial charge on any atom is 0.279 e. The minimum atomic E-state index is -0.417. The van der Waals surface area contributed by atoms with E-state index in [9.17, 15) is 14.4 Å². The van der Waals surface area contributed by atoms with Crippen molar-refractivity contribution in [2.75, 3.05) is 12.0 Å². The number of ether oxygens (including phenoxy) is 1. The highest BCUT2D eigenvalue weighted by Gasteiger charge is 2.30. The molecule has 154 valence electrons. The Bertz CT molecular complexity index is 1210. The first-order valence-electron chi connectivity index (χ1n) is 9.74. The van der Waals surface area contributed by atoms with Crippen molar-refractivity contribution < 1.29 is 19.1 Å². The summed E-state index contributed by atoms with van der Waals surface area (Å²) in [5.74, 6) is -0.170. The zero-order valence-electron chi connectivity index (χ0n) is 16.8. The van der Waals surface area contributed by atoms with E-state index in [0.29, 0.717) is 16.1 Å². The minimum absolute atomic E-state index is 0.198. The molecule has 1 aliphatic heterocycles. The van der Waals surface area contributed by atoms with Crippen LogP contribution in [0.25, 0.3) is 10.2 Å². The van der Waals surface area contributed by atoms with Crippen LogP contribution in [0.15, 0.2) is 47.5 Å². The molecule has 3 amide bonds. The molecule has 30 heavy (non-hydrogen) atoms. The maximum atomic E-state index is 12.9. The van der Waals surface area contributed by atoms with E-state index in [1.165, 1.54) is 11.3 Å². The molecule has 0 radical (unpaired) electrons. The molecule has 0 atom stereocenters. The number of fused-ring (bicyclic) bond motifs is 1. The largest absolute Gasteiger partial charge is 0.497 e.